The molecule has 5 heteroatoms. The first kappa shape index (κ1) is 12.4. The van der Waals surface area contributed by atoms with E-state index < -0.39 is 8.07 Å². The fourth-order valence-electron chi connectivity index (χ4n) is 2.90. The average molecular weight is 252 g/mol. The highest BCUT2D eigenvalue weighted by Crippen LogP contribution is 2.33. The molecule has 2 fully saturated rings. The molecule has 2 heterocycles. The van der Waals surface area contributed by atoms with Crippen molar-refractivity contribution in [3.8, 4) is 0 Å². The van der Waals surface area contributed by atoms with Crippen molar-refractivity contribution in [1.82, 2.24) is 0 Å². The fraction of sp³-hybridized carbons (Fsp3) is 0.667. The molecule has 2 atom stereocenters. The Labute approximate surface area is 101 Å². The lowest BCUT2D eigenvalue weighted by Gasteiger charge is -2.36. The first-order chi connectivity index (χ1) is 7.92. The molecule has 0 aliphatic carbocycles. The van der Waals surface area contributed by atoms with Crippen molar-refractivity contribution in [3.63, 3.8) is 0 Å². The molecule has 0 N–H and O–H groups in total. The molecular weight excluding hydrogens is 236 g/mol. The molecular formula is C12H16O4Si. The zero-order valence-electron chi connectivity index (χ0n) is 10.1. The van der Waals surface area contributed by atoms with Crippen molar-refractivity contribution in [2.24, 2.45) is 11.8 Å². The summed E-state index contributed by atoms with van der Waals surface area (Å²) in [6.45, 7) is 3.45. The summed E-state index contributed by atoms with van der Waals surface area (Å²) < 4.78 is 0. The number of carbonyl (C=O) groups is 4. The normalized spacial score (nSPS) is 38.9. The highest BCUT2D eigenvalue weighted by atomic mass is 28.3. The third-order valence-corrected chi connectivity index (χ3v) is 8.72. The molecule has 17 heavy (non-hydrogen) atoms. The molecule has 2 saturated heterocycles. The molecule has 1 spiro atoms. The van der Waals surface area contributed by atoms with Crippen molar-refractivity contribution >= 4 is 29.7 Å². The third-order valence-electron chi connectivity index (χ3n) is 4.08. The van der Waals surface area contributed by atoms with Gasteiger partial charge in [0, 0.05) is 24.7 Å². The van der Waals surface area contributed by atoms with Crippen LogP contribution < -0.4 is 0 Å². The van der Waals surface area contributed by atoms with E-state index in [1.807, 2.05) is 0 Å². The molecule has 0 aromatic heterocycles. The summed E-state index contributed by atoms with van der Waals surface area (Å²) in [5.41, 5.74) is 0. The maximum Gasteiger partial charge on any atom is 0.347 e. The van der Waals surface area contributed by atoms with Gasteiger partial charge in [0.1, 0.15) is 21.6 Å². The van der Waals surface area contributed by atoms with Crippen molar-refractivity contribution in [2.75, 3.05) is 0 Å². The van der Waals surface area contributed by atoms with E-state index in [9.17, 15) is 19.2 Å². The second kappa shape index (κ2) is 3.98. The van der Waals surface area contributed by atoms with Gasteiger partial charge in [0.15, 0.2) is 0 Å². The maximum absolute atomic E-state index is 12.3. The van der Waals surface area contributed by atoms with Crippen LogP contribution in [0.4, 0.5) is 0 Å². The lowest BCUT2D eigenvalue weighted by Crippen LogP contribution is -2.71. The van der Waals surface area contributed by atoms with Gasteiger partial charge in [-0.2, -0.15) is 0 Å². The van der Waals surface area contributed by atoms with Crippen LogP contribution >= 0.6 is 0 Å². The van der Waals surface area contributed by atoms with Crippen molar-refractivity contribution < 1.29 is 19.2 Å². The van der Waals surface area contributed by atoms with E-state index >= 15 is 0 Å². The minimum Gasteiger partial charge on any atom is -0.304 e. The Hall–Kier alpha value is -1.10. The van der Waals surface area contributed by atoms with Gasteiger partial charge in [-0.3, -0.25) is 0 Å². The second-order valence-electron chi connectivity index (χ2n) is 5.20. The van der Waals surface area contributed by atoms with Crippen LogP contribution in [0.1, 0.15) is 39.5 Å². The smallest absolute Gasteiger partial charge is 0.304 e. The van der Waals surface area contributed by atoms with E-state index in [1.165, 1.54) is 0 Å². The molecule has 0 amide bonds. The van der Waals surface area contributed by atoms with Crippen LogP contribution in [0, 0.1) is 11.8 Å². The topological polar surface area (TPSA) is 68.3 Å². The van der Waals surface area contributed by atoms with Crippen LogP contribution in [-0.2, 0) is 19.2 Å². The molecule has 0 saturated carbocycles. The number of carbonyl (C=O) groups excluding carboxylic acids is 4. The lowest BCUT2D eigenvalue weighted by atomic mass is 10.1. The Morgan fingerprint density at radius 1 is 0.824 bits per heavy atom. The van der Waals surface area contributed by atoms with Crippen LogP contribution in [0.3, 0.4) is 0 Å². The Bertz CT molecular complexity index is 386. The van der Waals surface area contributed by atoms with Gasteiger partial charge in [-0.15, -0.1) is 0 Å². The molecule has 0 bridgehead atoms. The van der Waals surface area contributed by atoms with Gasteiger partial charge in [0.05, 0.1) is 0 Å². The molecule has 2 rings (SSSR count). The highest BCUT2D eigenvalue weighted by Gasteiger charge is 2.65. The van der Waals surface area contributed by atoms with E-state index in [0.29, 0.717) is 12.8 Å². The molecule has 4 nitrogen and oxygen atoms in total. The van der Waals surface area contributed by atoms with Gasteiger partial charge >= 0.3 is 8.07 Å². The fourth-order valence-corrected chi connectivity index (χ4v) is 7.36. The summed E-state index contributed by atoms with van der Waals surface area (Å²) >= 11 is 0. The first-order valence-electron chi connectivity index (χ1n) is 6.07. The highest BCUT2D eigenvalue weighted by molar-refractivity contribution is 7.54. The van der Waals surface area contributed by atoms with Gasteiger partial charge < -0.3 is 19.2 Å². The van der Waals surface area contributed by atoms with Crippen molar-refractivity contribution in [1.29, 1.82) is 0 Å². The van der Waals surface area contributed by atoms with E-state index in [1.54, 1.807) is 13.8 Å². The Kier molecular flexibility index (Phi) is 2.89. The molecule has 92 valence electrons. The lowest BCUT2D eigenvalue weighted by molar-refractivity contribution is -0.128. The predicted molar refractivity (Wildman–Crippen MR) is 62.6 cm³/mol. The molecule has 0 aromatic carbocycles. The van der Waals surface area contributed by atoms with Crippen LogP contribution in [-0.4, -0.2) is 29.7 Å². The van der Waals surface area contributed by atoms with E-state index in [-0.39, 0.29) is 46.3 Å². The summed E-state index contributed by atoms with van der Waals surface area (Å²) in [5.74, 6) is -0.616. The van der Waals surface area contributed by atoms with Gasteiger partial charge in [-0.25, -0.2) is 0 Å². The molecule has 2 aliphatic rings. The molecule has 2 aliphatic heterocycles. The number of rotatable bonds is 0. The van der Waals surface area contributed by atoms with Crippen LogP contribution in [0.2, 0.25) is 0 Å². The Morgan fingerprint density at radius 3 is 1.53 bits per heavy atom. The maximum atomic E-state index is 12.3. The van der Waals surface area contributed by atoms with E-state index in [0.717, 1.165) is 0 Å². The van der Waals surface area contributed by atoms with Crippen molar-refractivity contribution in [3.05, 3.63) is 0 Å². The van der Waals surface area contributed by atoms with Crippen molar-refractivity contribution in [2.45, 2.75) is 39.5 Å². The second-order valence-corrected chi connectivity index (χ2v) is 8.81. The quantitative estimate of drug-likeness (QED) is 0.596. The summed E-state index contributed by atoms with van der Waals surface area (Å²) in [4.78, 5) is 48.7. The summed E-state index contributed by atoms with van der Waals surface area (Å²) in [6, 6.07) is 0. The monoisotopic (exact) mass is 252 g/mol. The van der Waals surface area contributed by atoms with E-state index in [2.05, 4.69) is 0 Å². The standard InChI is InChI=1S/C12H16O4Si/c1-7-3-5-9(13)17(11(7)15)10(14)6-4-8(2)12(17)16/h7-8H,3-6H2,1-2H3. The van der Waals surface area contributed by atoms with Crippen LogP contribution in [0.15, 0.2) is 0 Å². The zero-order chi connectivity index (χ0) is 12.8. The SMILES string of the molecule is CC1CCC(=O)[Si]2(C(=O)CCC(C)C2=O)C1=O. The molecule has 2 unspecified atom stereocenters. The molecule has 0 aromatic rings. The summed E-state index contributed by atoms with van der Waals surface area (Å²) in [6.07, 6.45) is 1.43. The van der Waals surface area contributed by atoms with Gasteiger partial charge in [-0.05, 0) is 12.8 Å². The number of hydrogen-bond acceptors (Lipinski definition) is 4. The number of hydrogen-bond donors (Lipinski definition) is 0. The summed E-state index contributed by atoms with van der Waals surface area (Å²) in [5, 5.41) is -1.31. The minimum absolute atomic E-state index is 0.226. The Morgan fingerprint density at radius 2 is 1.18 bits per heavy atom. The zero-order valence-corrected chi connectivity index (χ0v) is 11.1. The van der Waals surface area contributed by atoms with Gasteiger partial charge in [0.25, 0.3) is 0 Å². The average Bonchev–Trinajstić information content (AvgIpc) is 2.30. The largest absolute Gasteiger partial charge is 0.347 e. The van der Waals surface area contributed by atoms with Crippen LogP contribution in [0.25, 0.3) is 0 Å². The first-order valence-corrected chi connectivity index (χ1v) is 8.07. The third kappa shape index (κ3) is 1.48. The molecule has 0 radical (unpaired) electrons. The van der Waals surface area contributed by atoms with E-state index in [4.69, 9.17) is 0 Å². The van der Waals surface area contributed by atoms with Crippen LogP contribution in [0.5, 0.6) is 0 Å². The minimum atomic E-state index is -3.67. The van der Waals surface area contributed by atoms with Gasteiger partial charge in [0.2, 0.25) is 0 Å². The summed E-state index contributed by atoms with van der Waals surface area (Å²) in [7, 11) is -3.67. The van der Waals surface area contributed by atoms with Gasteiger partial charge in [-0.1, -0.05) is 13.8 Å². The predicted octanol–water partition coefficient (Wildman–Crippen LogP) is 0.728. The Balaban J connectivity index is 2.56.